The molecule has 0 aliphatic carbocycles. The van der Waals surface area contributed by atoms with Crippen molar-refractivity contribution in [2.45, 2.75) is 0 Å². The lowest BCUT2D eigenvalue weighted by Crippen LogP contribution is -2.15. The number of aromatic nitrogens is 2. The van der Waals surface area contributed by atoms with Crippen molar-refractivity contribution in [1.29, 1.82) is 0 Å². The molecule has 7 nitrogen and oxygen atoms in total. The lowest BCUT2D eigenvalue weighted by atomic mass is 10.0. The molecule has 0 fully saturated rings. The van der Waals surface area contributed by atoms with Gasteiger partial charge in [0.2, 0.25) is 0 Å². The summed E-state index contributed by atoms with van der Waals surface area (Å²) in [4.78, 5) is 24.8. The smallest absolute Gasteiger partial charge is 0.357 e. The molecule has 0 bridgehead atoms. The maximum Gasteiger partial charge on any atom is 0.357 e. The first-order valence-electron chi connectivity index (χ1n) is 7.82. The van der Waals surface area contributed by atoms with E-state index in [1.165, 1.54) is 16.8 Å². The summed E-state index contributed by atoms with van der Waals surface area (Å²) in [5.41, 5.74) is -0.146. The largest absolute Gasteiger partial charge is 0.504 e. The fourth-order valence-electron chi connectivity index (χ4n) is 2.65. The standard InChI is InChI=1S/C19H15FN2O5/c1-26-18(24)14-15(12-9-6-10-13(20)17(12)23)21-22(16(14)19(25)27-2)11-7-4-3-5-8-11/h3-10,23H,1-2H3. The van der Waals surface area contributed by atoms with E-state index in [1.54, 1.807) is 30.3 Å². The second-order valence-corrected chi connectivity index (χ2v) is 5.44. The Hall–Kier alpha value is -3.68. The van der Waals surface area contributed by atoms with Gasteiger partial charge in [-0.1, -0.05) is 24.3 Å². The predicted molar refractivity (Wildman–Crippen MR) is 93.3 cm³/mol. The van der Waals surface area contributed by atoms with Crippen molar-refractivity contribution >= 4 is 11.9 Å². The van der Waals surface area contributed by atoms with Gasteiger partial charge in [-0.15, -0.1) is 0 Å². The van der Waals surface area contributed by atoms with Crippen molar-refractivity contribution in [3.63, 3.8) is 0 Å². The zero-order valence-electron chi connectivity index (χ0n) is 14.5. The first-order chi connectivity index (χ1) is 13.0. The molecule has 1 heterocycles. The number of rotatable bonds is 4. The van der Waals surface area contributed by atoms with Crippen LogP contribution in [-0.4, -0.2) is 41.0 Å². The van der Waals surface area contributed by atoms with E-state index < -0.39 is 23.5 Å². The Bertz CT molecular complexity index is 1010. The average Bonchev–Trinajstić information content (AvgIpc) is 3.09. The fraction of sp³-hybridized carbons (Fsp3) is 0.105. The van der Waals surface area contributed by atoms with Gasteiger partial charge in [-0.25, -0.2) is 18.7 Å². The highest BCUT2D eigenvalue weighted by molar-refractivity contribution is 6.07. The average molecular weight is 370 g/mol. The minimum Gasteiger partial charge on any atom is -0.504 e. The number of halogens is 1. The van der Waals surface area contributed by atoms with E-state index in [0.717, 1.165) is 20.3 Å². The Labute approximate surface area is 153 Å². The maximum atomic E-state index is 13.8. The summed E-state index contributed by atoms with van der Waals surface area (Å²) in [6.45, 7) is 0. The second-order valence-electron chi connectivity index (χ2n) is 5.44. The lowest BCUT2D eigenvalue weighted by molar-refractivity contribution is 0.0549. The van der Waals surface area contributed by atoms with Crippen LogP contribution in [0.15, 0.2) is 48.5 Å². The van der Waals surface area contributed by atoms with Gasteiger partial charge in [-0.2, -0.15) is 5.10 Å². The Morgan fingerprint density at radius 1 is 1.00 bits per heavy atom. The number of phenols is 1. The number of ether oxygens (including phenoxy) is 2. The third kappa shape index (κ3) is 3.12. The molecule has 27 heavy (non-hydrogen) atoms. The molecular weight excluding hydrogens is 355 g/mol. The number of hydrogen-bond acceptors (Lipinski definition) is 6. The SMILES string of the molecule is COC(=O)c1c(-c2cccc(F)c2O)nn(-c2ccccc2)c1C(=O)OC. The van der Waals surface area contributed by atoms with Gasteiger partial charge in [0.15, 0.2) is 17.3 Å². The van der Waals surface area contributed by atoms with Crippen molar-refractivity contribution in [3.8, 4) is 22.7 Å². The number of esters is 2. The van der Waals surface area contributed by atoms with Gasteiger partial charge in [0.05, 0.1) is 19.9 Å². The van der Waals surface area contributed by atoms with Crippen LogP contribution in [-0.2, 0) is 9.47 Å². The van der Waals surface area contributed by atoms with Gasteiger partial charge in [-0.05, 0) is 24.3 Å². The monoisotopic (exact) mass is 370 g/mol. The number of hydrogen-bond donors (Lipinski definition) is 1. The van der Waals surface area contributed by atoms with Gasteiger partial charge < -0.3 is 14.6 Å². The lowest BCUT2D eigenvalue weighted by Gasteiger charge is -2.07. The molecule has 0 radical (unpaired) electrons. The Kier molecular flexibility index (Phi) is 4.89. The number of phenolic OH excluding ortho intramolecular Hbond substituents is 1. The highest BCUT2D eigenvalue weighted by Crippen LogP contribution is 2.35. The molecular formula is C19H15FN2O5. The molecule has 1 N–H and O–H groups in total. The van der Waals surface area contributed by atoms with Crippen molar-refractivity contribution in [3.05, 3.63) is 65.6 Å². The summed E-state index contributed by atoms with van der Waals surface area (Å²) in [6, 6.07) is 12.3. The summed E-state index contributed by atoms with van der Waals surface area (Å²) in [5, 5.41) is 14.4. The first kappa shape index (κ1) is 18.1. The number of carbonyl (C=O) groups excluding carboxylic acids is 2. The van der Waals surface area contributed by atoms with Gasteiger partial charge >= 0.3 is 11.9 Å². The number of benzene rings is 2. The summed E-state index contributed by atoms with van der Waals surface area (Å²) >= 11 is 0. The fourth-order valence-corrected chi connectivity index (χ4v) is 2.65. The van der Waals surface area contributed by atoms with Crippen LogP contribution in [0, 0.1) is 5.82 Å². The maximum absolute atomic E-state index is 13.8. The first-order valence-corrected chi connectivity index (χ1v) is 7.82. The third-order valence-electron chi connectivity index (χ3n) is 3.90. The Morgan fingerprint density at radius 3 is 2.30 bits per heavy atom. The zero-order valence-corrected chi connectivity index (χ0v) is 14.5. The molecule has 138 valence electrons. The zero-order chi connectivity index (χ0) is 19.6. The Morgan fingerprint density at radius 2 is 1.67 bits per heavy atom. The molecule has 0 aliphatic heterocycles. The van der Waals surface area contributed by atoms with E-state index in [9.17, 15) is 19.1 Å². The van der Waals surface area contributed by atoms with E-state index in [2.05, 4.69) is 5.10 Å². The van der Waals surface area contributed by atoms with E-state index >= 15 is 0 Å². The minimum absolute atomic E-state index is 0.0600. The number of methoxy groups -OCH3 is 2. The minimum atomic E-state index is -0.891. The van der Waals surface area contributed by atoms with Crippen molar-refractivity contribution in [2.24, 2.45) is 0 Å². The molecule has 0 aliphatic rings. The summed E-state index contributed by atoms with van der Waals surface area (Å²) in [6.07, 6.45) is 0. The summed E-state index contributed by atoms with van der Waals surface area (Å²) in [5.74, 6) is -3.31. The molecule has 0 atom stereocenters. The quantitative estimate of drug-likeness (QED) is 0.710. The highest BCUT2D eigenvalue weighted by Gasteiger charge is 2.32. The summed E-state index contributed by atoms with van der Waals surface area (Å²) in [7, 11) is 2.30. The number of carbonyl (C=O) groups is 2. The van der Waals surface area contributed by atoms with Gasteiger partial charge in [0.25, 0.3) is 0 Å². The normalized spacial score (nSPS) is 10.5. The highest BCUT2D eigenvalue weighted by atomic mass is 19.1. The van der Waals surface area contributed by atoms with Crippen molar-refractivity contribution in [2.75, 3.05) is 14.2 Å². The third-order valence-corrected chi connectivity index (χ3v) is 3.90. The van der Waals surface area contributed by atoms with Crippen LogP contribution >= 0.6 is 0 Å². The molecule has 0 amide bonds. The van der Waals surface area contributed by atoms with Crippen molar-refractivity contribution < 1.29 is 28.6 Å². The van der Waals surface area contributed by atoms with E-state index in [4.69, 9.17) is 9.47 Å². The van der Waals surface area contributed by atoms with E-state index in [-0.39, 0.29) is 22.5 Å². The molecule has 8 heteroatoms. The van der Waals surface area contributed by atoms with Crippen molar-refractivity contribution in [1.82, 2.24) is 9.78 Å². The molecule has 3 rings (SSSR count). The molecule has 2 aromatic carbocycles. The molecule has 3 aromatic rings. The van der Waals surface area contributed by atoms with Crippen LogP contribution in [0.3, 0.4) is 0 Å². The molecule has 0 saturated heterocycles. The van der Waals surface area contributed by atoms with Crippen LogP contribution in [0.4, 0.5) is 4.39 Å². The van der Waals surface area contributed by atoms with E-state index in [1.807, 2.05) is 0 Å². The molecule has 0 saturated carbocycles. The van der Waals surface area contributed by atoms with Gasteiger partial charge in [0.1, 0.15) is 11.3 Å². The number of aromatic hydroxyl groups is 1. The van der Waals surface area contributed by atoms with Crippen LogP contribution in [0.1, 0.15) is 20.8 Å². The van der Waals surface area contributed by atoms with Gasteiger partial charge in [0, 0.05) is 5.56 Å². The predicted octanol–water partition coefficient (Wildman–Crippen LogP) is 2.96. The van der Waals surface area contributed by atoms with Crippen LogP contribution in [0.2, 0.25) is 0 Å². The summed E-state index contributed by atoms with van der Waals surface area (Å²) < 4.78 is 24.6. The molecule has 1 aromatic heterocycles. The van der Waals surface area contributed by atoms with Crippen LogP contribution in [0.25, 0.3) is 16.9 Å². The van der Waals surface area contributed by atoms with E-state index in [0.29, 0.717) is 5.69 Å². The number of para-hydroxylation sites is 2. The second kappa shape index (κ2) is 7.28. The number of nitrogens with zero attached hydrogens (tertiary/aromatic N) is 2. The topological polar surface area (TPSA) is 90.6 Å². The Balaban J connectivity index is 2.40. The van der Waals surface area contributed by atoms with Crippen LogP contribution < -0.4 is 0 Å². The molecule has 0 unspecified atom stereocenters. The van der Waals surface area contributed by atoms with Crippen LogP contribution in [0.5, 0.6) is 5.75 Å². The molecule has 0 spiro atoms. The van der Waals surface area contributed by atoms with Gasteiger partial charge in [-0.3, -0.25) is 0 Å².